The molecule has 0 bridgehead atoms. The molecule has 0 aromatic heterocycles. The highest BCUT2D eigenvalue weighted by atomic mass is 19.1. The predicted molar refractivity (Wildman–Crippen MR) is 74.4 cm³/mol. The first-order valence-corrected chi connectivity index (χ1v) is 7.12. The Kier molecular flexibility index (Phi) is 4.75. The van der Waals surface area contributed by atoms with E-state index >= 15 is 0 Å². The molecule has 2 rings (SSSR count). The van der Waals surface area contributed by atoms with Gasteiger partial charge >= 0.3 is 0 Å². The molecule has 19 heavy (non-hydrogen) atoms. The summed E-state index contributed by atoms with van der Waals surface area (Å²) in [7, 11) is 0. The highest BCUT2D eigenvalue weighted by Gasteiger charge is 2.26. The van der Waals surface area contributed by atoms with Crippen LogP contribution in [0, 0.1) is 11.6 Å². The van der Waals surface area contributed by atoms with Crippen molar-refractivity contribution < 1.29 is 8.78 Å². The smallest absolute Gasteiger partial charge is 0.149 e. The van der Waals surface area contributed by atoms with Crippen molar-refractivity contribution in [2.75, 3.05) is 18.0 Å². The number of nitrogens with two attached hydrogens (primary N) is 1. The number of nitrogens with zero attached hydrogens (tertiary/aromatic N) is 1. The third kappa shape index (κ3) is 3.06. The van der Waals surface area contributed by atoms with Crippen molar-refractivity contribution in [1.82, 2.24) is 0 Å². The van der Waals surface area contributed by atoms with Crippen LogP contribution < -0.4 is 10.6 Å². The van der Waals surface area contributed by atoms with Crippen molar-refractivity contribution in [2.24, 2.45) is 5.73 Å². The van der Waals surface area contributed by atoms with Gasteiger partial charge in [-0.1, -0.05) is 6.92 Å². The zero-order chi connectivity index (χ0) is 13.8. The minimum atomic E-state index is -0.455. The summed E-state index contributed by atoms with van der Waals surface area (Å²) in [5.74, 6) is -0.910. The summed E-state index contributed by atoms with van der Waals surface area (Å²) >= 11 is 0. The number of anilines is 1. The highest BCUT2D eigenvalue weighted by molar-refractivity contribution is 5.52. The Morgan fingerprint density at radius 3 is 2.53 bits per heavy atom. The van der Waals surface area contributed by atoms with E-state index in [0.717, 1.165) is 32.2 Å². The second-order valence-electron chi connectivity index (χ2n) is 5.20. The van der Waals surface area contributed by atoms with Gasteiger partial charge in [0.05, 0.1) is 0 Å². The topological polar surface area (TPSA) is 29.3 Å². The fraction of sp³-hybridized carbons (Fsp3) is 0.600. The van der Waals surface area contributed by atoms with Crippen LogP contribution in [-0.4, -0.2) is 19.1 Å². The Labute approximate surface area is 113 Å². The molecule has 1 aliphatic heterocycles. The van der Waals surface area contributed by atoms with E-state index in [-0.39, 0.29) is 11.7 Å². The molecule has 0 spiro atoms. The molecule has 106 valence electrons. The van der Waals surface area contributed by atoms with E-state index in [0.29, 0.717) is 18.5 Å². The molecule has 0 amide bonds. The van der Waals surface area contributed by atoms with Gasteiger partial charge in [0.25, 0.3) is 0 Å². The maximum absolute atomic E-state index is 14.2. The summed E-state index contributed by atoms with van der Waals surface area (Å²) in [6, 6.07) is 3.09. The highest BCUT2D eigenvalue weighted by Crippen LogP contribution is 2.31. The van der Waals surface area contributed by atoms with Crippen LogP contribution in [0.5, 0.6) is 0 Å². The maximum atomic E-state index is 14.2. The molecule has 4 heteroatoms. The van der Waals surface area contributed by atoms with Gasteiger partial charge < -0.3 is 10.6 Å². The summed E-state index contributed by atoms with van der Waals surface area (Å²) < 4.78 is 28.4. The molecule has 0 aliphatic carbocycles. The number of hydrogen-bond acceptors (Lipinski definition) is 2. The number of halogens is 2. The third-order valence-corrected chi connectivity index (χ3v) is 3.90. The summed E-state index contributed by atoms with van der Waals surface area (Å²) in [4.78, 5) is 1.90. The van der Waals surface area contributed by atoms with Crippen molar-refractivity contribution in [3.8, 4) is 0 Å². The van der Waals surface area contributed by atoms with E-state index in [9.17, 15) is 8.78 Å². The van der Waals surface area contributed by atoms with Crippen molar-refractivity contribution in [3.05, 3.63) is 29.3 Å². The summed E-state index contributed by atoms with van der Waals surface area (Å²) in [5, 5.41) is 0. The zero-order valence-electron chi connectivity index (χ0n) is 11.5. The lowest BCUT2D eigenvalue weighted by molar-refractivity contribution is 0.434. The van der Waals surface area contributed by atoms with Crippen molar-refractivity contribution >= 4 is 5.69 Å². The molecule has 2 N–H and O–H groups in total. The third-order valence-electron chi connectivity index (χ3n) is 3.90. The van der Waals surface area contributed by atoms with Crippen molar-refractivity contribution in [2.45, 2.75) is 45.1 Å². The lowest BCUT2D eigenvalue weighted by Crippen LogP contribution is -2.40. The van der Waals surface area contributed by atoms with Gasteiger partial charge in [-0.15, -0.1) is 0 Å². The van der Waals surface area contributed by atoms with E-state index < -0.39 is 11.6 Å². The standard InChI is InChI=1S/C15H22F2N2/c1-2-12-5-3-4-8-19(12)15-13(16)9-11(6-7-18)10-14(15)17/h9-10,12H,2-8,18H2,1H3. The fourth-order valence-corrected chi connectivity index (χ4v) is 2.92. The lowest BCUT2D eigenvalue weighted by atomic mass is 9.98. The van der Waals surface area contributed by atoms with E-state index in [1.807, 2.05) is 4.90 Å². The van der Waals surface area contributed by atoms with Crippen LogP contribution >= 0.6 is 0 Å². The van der Waals surface area contributed by atoms with Gasteiger partial charge in [-0.3, -0.25) is 0 Å². The average molecular weight is 268 g/mol. The molecule has 1 fully saturated rings. The van der Waals surface area contributed by atoms with Gasteiger partial charge in [-0.05, 0) is 56.3 Å². The Bertz CT molecular complexity index is 411. The lowest BCUT2D eigenvalue weighted by Gasteiger charge is -2.37. The van der Waals surface area contributed by atoms with Gasteiger partial charge in [-0.2, -0.15) is 0 Å². The Balaban J connectivity index is 2.32. The van der Waals surface area contributed by atoms with E-state index in [4.69, 9.17) is 5.73 Å². The number of piperidine rings is 1. The number of hydrogen-bond donors (Lipinski definition) is 1. The number of rotatable bonds is 4. The van der Waals surface area contributed by atoms with Gasteiger partial charge in [0.2, 0.25) is 0 Å². The quantitative estimate of drug-likeness (QED) is 0.908. The van der Waals surface area contributed by atoms with E-state index in [1.165, 1.54) is 12.1 Å². The minimum Gasteiger partial charge on any atom is -0.364 e. The van der Waals surface area contributed by atoms with Crippen LogP contribution in [0.4, 0.5) is 14.5 Å². The molecule has 0 saturated carbocycles. The second-order valence-corrected chi connectivity index (χ2v) is 5.20. The molecular formula is C15H22F2N2. The maximum Gasteiger partial charge on any atom is 0.149 e. The molecule has 1 saturated heterocycles. The van der Waals surface area contributed by atoms with Crippen LogP contribution in [-0.2, 0) is 6.42 Å². The van der Waals surface area contributed by atoms with Crippen LogP contribution in [0.3, 0.4) is 0 Å². The predicted octanol–water partition coefficient (Wildman–Crippen LogP) is 3.23. The van der Waals surface area contributed by atoms with Crippen LogP contribution in [0.2, 0.25) is 0 Å². The first kappa shape index (κ1) is 14.3. The molecule has 1 heterocycles. The van der Waals surface area contributed by atoms with Crippen LogP contribution in [0.25, 0.3) is 0 Å². The largest absolute Gasteiger partial charge is 0.364 e. The Morgan fingerprint density at radius 2 is 1.95 bits per heavy atom. The van der Waals surface area contributed by atoms with Gasteiger partial charge in [0.1, 0.15) is 17.3 Å². The van der Waals surface area contributed by atoms with E-state index in [2.05, 4.69) is 6.92 Å². The zero-order valence-corrected chi connectivity index (χ0v) is 11.5. The van der Waals surface area contributed by atoms with Crippen LogP contribution in [0.15, 0.2) is 12.1 Å². The van der Waals surface area contributed by atoms with Crippen LogP contribution in [0.1, 0.15) is 38.2 Å². The summed E-state index contributed by atoms with van der Waals surface area (Å²) in [5.41, 5.74) is 6.21. The van der Waals surface area contributed by atoms with Crippen molar-refractivity contribution in [3.63, 3.8) is 0 Å². The van der Waals surface area contributed by atoms with E-state index in [1.54, 1.807) is 0 Å². The van der Waals surface area contributed by atoms with Crippen molar-refractivity contribution in [1.29, 1.82) is 0 Å². The molecule has 1 unspecified atom stereocenters. The van der Waals surface area contributed by atoms with Gasteiger partial charge in [0, 0.05) is 12.6 Å². The minimum absolute atomic E-state index is 0.146. The molecule has 1 atom stereocenters. The average Bonchev–Trinajstić information content (AvgIpc) is 2.39. The first-order chi connectivity index (χ1) is 9.17. The summed E-state index contributed by atoms with van der Waals surface area (Å²) in [6.07, 6.45) is 4.58. The normalized spacial score (nSPS) is 19.8. The number of benzene rings is 1. The van der Waals surface area contributed by atoms with Gasteiger partial charge in [0.15, 0.2) is 0 Å². The van der Waals surface area contributed by atoms with Gasteiger partial charge in [-0.25, -0.2) is 8.78 Å². The Hall–Kier alpha value is -1.16. The molecular weight excluding hydrogens is 246 g/mol. The molecule has 0 radical (unpaired) electrons. The second kappa shape index (κ2) is 6.33. The molecule has 1 aromatic rings. The fourth-order valence-electron chi connectivity index (χ4n) is 2.92. The first-order valence-electron chi connectivity index (χ1n) is 7.12. The Morgan fingerprint density at radius 1 is 1.26 bits per heavy atom. The molecule has 2 nitrogen and oxygen atoms in total. The SMILES string of the molecule is CCC1CCCCN1c1c(F)cc(CCN)cc1F. The molecule has 1 aromatic carbocycles. The molecule has 1 aliphatic rings. The monoisotopic (exact) mass is 268 g/mol. The summed E-state index contributed by atoms with van der Waals surface area (Å²) in [6.45, 7) is 3.21.